The van der Waals surface area contributed by atoms with Crippen LogP contribution in [0.15, 0.2) is 24.3 Å². The summed E-state index contributed by atoms with van der Waals surface area (Å²) in [4.78, 5) is 24.6. The van der Waals surface area contributed by atoms with Crippen molar-refractivity contribution in [2.75, 3.05) is 26.3 Å². The molecule has 0 amide bonds. The Morgan fingerprint density at radius 1 is 0.468 bits per heavy atom. The molecule has 47 heavy (non-hydrogen) atoms. The molecule has 0 aliphatic carbocycles. The third-order valence-corrected chi connectivity index (χ3v) is 9.68. The molecule has 0 aromatic carbocycles. The number of esters is 2. The predicted molar refractivity (Wildman–Crippen MR) is 201 cm³/mol. The van der Waals surface area contributed by atoms with E-state index >= 15 is 0 Å². The summed E-state index contributed by atoms with van der Waals surface area (Å²) in [6, 6.07) is 0. The fourth-order valence-corrected chi connectivity index (χ4v) is 6.40. The Hall–Kier alpha value is -1.62. The number of hydrogen-bond donors (Lipinski definition) is 1. The summed E-state index contributed by atoms with van der Waals surface area (Å²) in [7, 11) is 0. The van der Waals surface area contributed by atoms with E-state index in [9.17, 15) is 9.59 Å². The Labute approximate surface area is 291 Å². The molecule has 1 fully saturated rings. The van der Waals surface area contributed by atoms with E-state index < -0.39 is 0 Å². The minimum absolute atomic E-state index is 0.0885. The first-order valence-electron chi connectivity index (χ1n) is 20.5. The van der Waals surface area contributed by atoms with Crippen molar-refractivity contribution in [3.63, 3.8) is 0 Å². The van der Waals surface area contributed by atoms with Crippen LogP contribution in [0.2, 0.25) is 0 Å². The van der Waals surface area contributed by atoms with Crippen LogP contribution in [-0.4, -0.2) is 38.2 Å². The van der Waals surface area contributed by atoms with Crippen molar-refractivity contribution in [2.24, 2.45) is 11.8 Å². The molecular weight excluding hydrogens is 582 g/mol. The van der Waals surface area contributed by atoms with Gasteiger partial charge in [0.25, 0.3) is 0 Å². The highest BCUT2D eigenvalue weighted by Gasteiger charge is 2.29. The van der Waals surface area contributed by atoms with Gasteiger partial charge in [-0.15, -0.1) is 0 Å². The van der Waals surface area contributed by atoms with Crippen molar-refractivity contribution in [2.45, 2.75) is 194 Å². The van der Waals surface area contributed by atoms with Crippen molar-refractivity contribution < 1.29 is 19.1 Å². The standard InChI is InChI=1S/C42H77NO4/c1-3-5-7-9-11-13-15-17-19-21-23-25-27-29-31-33-41(44)46-37-39-35-43-36-40(39)38-47-42(45)34-32-30-28-26-24-22-20-18-16-14-12-10-8-6-4-2/h17-20,39-40,43H,3-16,21-38H2,1-2H3/b19-17+,20-18+/t39-,40-/m0/s1. The Bertz CT molecular complexity index is 702. The average Bonchev–Trinajstić information content (AvgIpc) is 3.53. The zero-order chi connectivity index (χ0) is 33.9. The highest BCUT2D eigenvalue weighted by atomic mass is 16.5. The average molecular weight is 660 g/mol. The van der Waals surface area contributed by atoms with Gasteiger partial charge in [-0.3, -0.25) is 9.59 Å². The third kappa shape index (κ3) is 29.1. The van der Waals surface area contributed by atoms with Gasteiger partial charge >= 0.3 is 11.9 Å². The molecule has 5 heteroatoms. The van der Waals surface area contributed by atoms with Crippen molar-refractivity contribution in [1.82, 2.24) is 5.32 Å². The minimum Gasteiger partial charge on any atom is -0.465 e. The summed E-state index contributed by atoms with van der Waals surface area (Å²) in [6.45, 7) is 7.02. The van der Waals surface area contributed by atoms with E-state index in [0.717, 1.165) is 38.8 Å². The van der Waals surface area contributed by atoms with Crippen molar-refractivity contribution >= 4 is 11.9 Å². The highest BCUT2D eigenvalue weighted by molar-refractivity contribution is 5.69. The van der Waals surface area contributed by atoms with Crippen LogP contribution in [0.3, 0.4) is 0 Å². The molecule has 0 saturated carbocycles. The summed E-state index contributed by atoms with van der Waals surface area (Å²) in [5.74, 6) is 0.269. The van der Waals surface area contributed by atoms with Crippen LogP contribution in [0.4, 0.5) is 0 Å². The molecular formula is C42H77NO4. The van der Waals surface area contributed by atoms with Crippen LogP contribution in [0.25, 0.3) is 0 Å². The molecule has 0 spiro atoms. The summed E-state index contributed by atoms with van der Waals surface area (Å²) in [6.07, 6.45) is 43.0. The number of nitrogens with one attached hydrogen (secondary N) is 1. The van der Waals surface area contributed by atoms with Gasteiger partial charge in [0.2, 0.25) is 0 Å². The maximum absolute atomic E-state index is 12.3. The zero-order valence-corrected chi connectivity index (χ0v) is 31.2. The Morgan fingerprint density at radius 3 is 1.11 bits per heavy atom. The summed E-state index contributed by atoms with van der Waals surface area (Å²) in [5.41, 5.74) is 0. The number of allylic oxidation sites excluding steroid dienone is 4. The molecule has 0 aromatic heterocycles. The number of rotatable bonds is 34. The summed E-state index contributed by atoms with van der Waals surface area (Å²) < 4.78 is 11.2. The zero-order valence-electron chi connectivity index (χ0n) is 31.2. The first kappa shape index (κ1) is 43.4. The summed E-state index contributed by atoms with van der Waals surface area (Å²) in [5, 5.41) is 3.38. The fraction of sp³-hybridized carbons (Fsp3) is 0.857. The second-order valence-electron chi connectivity index (χ2n) is 14.2. The lowest BCUT2D eigenvalue weighted by Gasteiger charge is -2.18. The fourth-order valence-electron chi connectivity index (χ4n) is 6.40. The maximum Gasteiger partial charge on any atom is 0.305 e. The Morgan fingerprint density at radius 2 is 0.766 bits per heavy atom. The van der Waals surface area contributed by atoms with E-state index in [4.69, 9.17) is 9.47 Å². The second-order valence-corrected chi connectivity index (χ2v) is 14.2. The Kier molecular flexibility index (Phi) is 31.6. The molecule has 1 saturated heterocycles. The van der Waals surface area contributed by atoms with E-state index in [1.54, 1.807) is 0 Å². The third-order valence-electron chi connectivity index (χ3n) is 9.68. The summed E-state index contributed by atoms with van der Waals surface area (Å²) >= 11 is 0. The van der Waals surface area contributed by atoms with Gasteiger partial charge in [-0.25, -0.2) is 0 Å². The maximum atomic E-state index is 12.3. The van der Waals surface area contributed by atoms with Gasteiger partial charge in [0.15, 0.2) is 0 Å². The Balaban J connectivity index is 1.93. The second kappa shape index (κ2) is 34.3. The van der Waals surface area contributed by atoms with Crippen LogP contribution >= 0.6 is 0 Å². The van der Waals surface area contributed by atoms with E-state index in [0.29, 0.717) is 26.1 Å². The van der Waals surface area contributed by atoms with Crippen LogP contribution < -0.4 is 5.32 Å². The molecule has 1 aliphatic rings. The first-order chi connectivity index (χ1) is 23.2. The topological polar surface area (TPSA) is 64.6 Å². The van der Waals surface area contributed by atoms with Crippen LogP contribution in [0, 0.1) is 11.8 Å². The number of hydrogen-bond acceptors (Lipinski definition) is 5. The monoisotopic (exact) mass is 660 g/mol. The molecule has 274 valence electrons. The largest absolute Gasteiger partial charge is 0.465 e. The van der Waals surface area contributed by atoms with Crippen LogP contribution in [-0.2, 0) is 19.1 Å². The predicted octanol–water partition coefficient (Wildman–Crippen LogP) is 12.0. The van der Waals surface area contributed by atoms with E-state index in [1.165, 1.54) is 141 Å². The molecule has 0 bridgehead atoms. The molecule has 1 N–H and O–H groups in total. The molecule has 0 aromatic rings. The van der Waals surface area contributed by atoms with E-state index in [1.807, 2.05) is 0 Å². The van der Waals surface area contributed by atoms with Crippen LogP contribution in [0.5, 0.6) is 0 Å². The lowest BCUT2D eigenvalue weighted by molar-refractivity contribution is -0.149. The van der Waals surface area contributed by atoms with E-state index in [-0.39, 0.29) is 23.8 Å². The van der Waals surface area contributed by atoms with Gasteiger partial charge in [0.05, 0.1) is 13.2 Å². The highest BCUT2D eigenvalue weighted by Crippen LogP contribution is 2.19. The van der Waals surface area contributed by atoms with Gasteiger partial charge in [-0.2, -0.15) is 0 Å². The SMILES string of the molecule is CCCCCCCC/C=C/CCCCCCCC(=O)OC[C@@H]1CNC[C@H]1COC(=O)CCCCCCC/C=C/CCCCCCCC. The minimum atomic E-state index is -0.0885. The van der Waals surface area contributed by atoms with Gasteiger partial charge in [-0.05, 0) is 64.2 Å². The van der Waals surface area contributed by atoms with Crippen molar-refractivity contribution in [1.29, 1.82) is 0 Å². The lowest BCUT2D eigenvalue weighted by Crippen LogP contribution is -2.25. The number of ether oxygens (including phenoxy) is 2. The molecule has 2 atom stereocenters. The molecule has 1 rings (SSSR count). The normalized spacial score (nSPS) is 16.5. The van der Waals surface area contributed by atoms with E-state index in [2.05, 4.69) is 43.5 Å². The molecule has 1 aliphatic heterocycles. The molecule has 1 heterocycles. The van der Waals surface area contributed by atoms with Crippen LogP contribution in [0.1, 0.15) is 194 Å². The van der Waals surface area contributed by atoms with Crippen molar-refractivity contribution in [3.8, 4) is 0 Å². The molecule has 0 radical (unpaired) electrons. The van der Waals surface area contributed by atoms with Gasteiger partial charge in [-0.1, -0.05) is 141 Å². The number of unbranched alkanes of at least 4 members (excludes halogenated alkanes) is 22. The van der Waals surface area contributed by atoms with Gasteiger partial charge in [0.1, 0.15) is 0 Å². The number of carbonyl (C=O) groups excluding carboxylic acids is 2. The van der Waals surface area contributed by atoms with Crippen molar-refractivity contribution in [3.05, 3.63) is 24.3 Å². The lowest BCUT2D eigenvalue weighted by atomic mass is 9.98. The first-order valence-corrected chi connectivity index (χ1v) is 20.5. The molecule has 5 nitrogen and oxygen atoms in total. The number of carbonyl (C=O) groups is 2. The quantitative estimate of drug-likeness (QED) is 0.0423. The smallest absolute Gasteiger partial charge is 0.305 e. The molecule has 0 unspecified atom stereocenters. The van der Waals surface area contributed by atoms with Gasteiger partial charge < -0.3 is 14.8 Å². The van der Waals surface area contributed by atoms with Gasteiger partial charge in [0, 0.05) is 37.8 Å².